The van der Waals surface area contributed by atoms with E-state index in [1.54, 1.807) is 0 Å². The molecule has 102 heavy (non-hydrogen) atoms. The van der Waals surface area contributed by atoms with Crippen molar-refractivity contribution >= 4 is 11.9 Å². The summed E-state index contributed by atoms with van der Waals surface area (Å²) in [6.45, 7) is 38.6. The van der Waals surface area contributed by atoms with E-state index in [1.165, 1.54) is 53.5 Å². The maximum atomic E-state index is 12.4. The van der Waals surface area contributed by atoms with Crippen LogP contribution in [0.1, 0.15) is 247 Å². The topological polar surface area (TPSA) is 239 Å². The Morgan fingerprint density at radius 1 is 0.353 bits per heavy atom. The van der Waals surface area contributed by atoms with Crippen LogP contribution in [0.25, 0.3) is 0 Å². The Labute approximate surface area is 615 Å². The highest BCUT2D eigenvalue weighted by atomic mass is 16.6. The third kappa shape index (κ3) is 45.1. The Bertz CT molecular complexity index is 2830. The Kier molecular flexibility index (Phi) is 49.9. The van der Waals surface area contributed by atoms with Gasteiger partial charge in [-0.05, 0) is 156 Å². The molecule has 0 aliphatic heterocycles. The summed E-state index contributed by atoms with van der Waals surface area (Å²) in [4.78, 5) is 24.5. The SMILES string of the molecule is CC(C)(C)c1ccc(OCC(O)CO)cc1.CCC(C)c1ccc(OCC(O)CO)cc1.CCCCCCCC(=O)OCC(COc1ccc(C(C)(C)C)cc1)OC(=O)CCCCCCC.CCOCC(O)COc1ccc(C(C)(C)C)cc1.CCOCC(O)COc1ccc(C(C)CC)cc1. The van der Waals surface area contributed by atoms with Gasteiger partial charge in [0.2, 0.25) is 0 Å². The van der Waals surface area contributed by atoms with Gasteiger partial charge in [-0.25, -0.2) is 0 Å². The Hall–Kier alpha value is -6.28. The molecule has 0 saturated carbocycles. The predicted octanol–water partition coefficient (Wildman–Crippen LogP) is 16.9. The molecular formula is C85H136O17. The lowest BCUT2D eigenvalue weighted by Gasteiger charge is -2.21. The van der Waals surface area contributed by atoms with Gasteiger partial charge in [0.05, 0.1) is 26.4 Å². The monoisotopic (exact) mass is 1430 g/mol. The van der Waals surface area contributed by atoms with Crippen molar-refractivity contribution in [3.8, 4) is 28.7 Å². The molecule has 5 rings (SSSR count). The van der Waals surface area contributed by atoms with Crippen LogP contribution in [0.5, 0.6) is 28.7 Å². The highest BCUT2D eigenvalue weighted by molar-refractivity contribution is 5.70. The maximum absolute atomic E-state index is 12.4. The van der Waals surface area contributed by atoms with Crippen LogP contribution in [-0.2, 0) is 44.8 Å². The van der Waals surface area contributed by atoms with E-state index in [0.29, 0.717) is 62.6 Å². The second-order valence-corrected chi connectivity index (χ2v) is 29.1. The number of aliphatic hydroxyl groups excluding tert-OH is 6. The largest absolute Gasteiger partial charge is 0.491 e. The minimum Gasteiger partial charge on any atom is -0.491 e. The molecule has 0 spiro atoms. The van der Waals surface area contributed by atoms with Crippen LogP contribution in [0.4, 0.5) is 0 Å². The van der Waals surface area contributed by atoms with Crippen LogP contribution in [0.15, 0.2) is 121 Å². The lowest BCUT2D eigenvalue weighted by molar-refractivity contribution is -0.161. The van der Waals surface area contributed by atoms with E-state index in [1.807, 2.05) is 111 Å². The number of esters is 2. The minimum absolute atomic E-state index is 0.0233. The fraction of sp³-hybridized carbons (Fsp3) is 0.624. The summed E-state index contributed by atoms with van der Waals surface area (Å²) in [5.41, 5.74) is 6.68. The number of carbonyl (C=O) groups excluding carboxylic acids is 2. The van der Waals surface area contributed by atoms with Gasteiger partial charge in [0.15, 0.2) is 6.10 Å². The zero-order valence-corrected chi connectivity index (χ0v) is 65.6. The van der Waals surface area contributed by atoms with Crippen molar-refractivity contribution in [2.75, 3.05) is 79.3 Å². The number of aliphatic hydroxyl groups is 6. The number of benzene rings is 5. The molecule has 7 unspecified atom stereocenters. The van der Waals surface area contributed by atoms with Gasteiger partial charge < -0.3 is 73.3 Å². The summed E-state index contributed by atoms with van der Waals surface area (Å²) >= 11 is 0. The van der Waals surface area contributed by atoms with Crippen LogP contribution >= 0.6 is 0 Å². The number of hydrogen-bond donors (Lipinski definition) is 6. The van der Waals surface area contributed by atoms with E-state index < -0.39 is 30.5 Å². The fourth-order valence-corrected chi connectivity index (χ4v) is 9.44. The molecule has 6 N–H and O–H groups in total. The Morgan fingerprint density at radius 2 is 0.637 bits per heavy atom. The van der Waals surface area contributed by atoms with E-state index >= 15 is 0 Å². The van der Waals surface area contributed by atoms with Gasteiger partial charge in [-0.1, -0.05) is 216 Å². The zero-order chi connectivity index (χ0) is 76.4. The molecule has 0 amide bonds. The summed E-state index contributed by atoms with van der Waals surface area (Å²) in [5.74, 6) is 4.32. The molecule has 0 heterocycles. The predicted molar refractivity (Wildman–Crippen MR) is 412 cm³/mol. The van der Waals surface area contributed by atoms with Gasteiger partial charge in [-0.2, -0.15) is 0 Å². The second kappa shape index (κ2) is 54.4. The van der Waals surface area contributed by atoms with Crippen molar-refractivity contribution in [1.82, 2.24) is 0 Å². The molecular weight excluding hydrogens is 1290 g/mol. The molecule has 0 aliphatic rings. The van der Waals surface area contributed by atoms with E-state index in [9.17, 15) is 19.8 Å². The number of ether oxygens (including phenoxy) is 9. The van der Waals surface area contributed by atoms with E-state index in [4.69, 9.17) is 63.1 Å². The van der Waals surface area contributed by atoms with E-state index in [2.05, 4.69) is 128 Å². The molecule has 0 bridgehead atoms. The molecule has 17 nitrogen and oxygen atoms in total. The van der Waals surface area contributed by atoms with Crippen molar-refractivity contribution < 1.29 is 82.9 Å². The fourth-order valence-electron chi connectivity index (χ4n) is 9.44. The third-order valence-corrected chi connectivity index (χ3v) is 16.6. The third-order valence-electron chi connectivity index (χ3n) is 16.6. The minimum atomic E-state index is -0.817. The molecule has 0 aromatic heterocycles. The highest BCUT2D eigenvalue weighted by Gasteiger charge is 2.21. The van der Waals surface area contributed by atoms with Crippen molar-refractivity contribution in [3.63, 3.8) is 0 Å². The molecule has 0 fully saturated rings. The summed E-state index contributed by atoms with van der Waals surface area (Å²) in [7, 11) is 0. The first-order valence-electron chi connectivity index (χ1n) is 37.6. The van der Waals surface area contributed by atoms with Gasteiger partial charge in [0.25, 0.3) is 0 Å². The summed E-state index contributed by atoms with van der Waals surface area (Å²) in [5, 5.41) is 54.7. The summed E-state index contributed by atoms with van der Waals surface area (Å²) in [6.07, 6.45) is 10.4. The van der Waals surface area contributed by atoms with Gasteiger partial charge in [0.1, 0.15) is 92.8 Å². The van der Waals surface area contributed by atoms with Gasteiger partial charge in [-0.3, -0.25) is 9.59 Å². The molecule has 0 radical (unpaired) electrons. The zero-order valence-electron chi connectivity index (χ0n) is 65.6. The lowest BCUT2D eigenvalue weighted by atomic mass is 9.87. The number of hydrogen-bond acceptors (Lipinski definition) is 17. The first-order chi connectivity index (χ1) is 48.5. The molecule has 5 aromatic carbocycles. The summed E-state index contributed by atoms with van der Waals surface area (Å²) in [6, 6.07) is 39.7. The number of rotatable bonds is 42. The quantitative estimate of drug-likeness (QED) is 0.0157. The van der Waals surface area contributed by atoms with Crippen LogP contribution in [0.3, 0.4) is 0 Å². The van der Waals surface area contributed by atoms with Crippen molar-refractivity contribution in [2.45, 2.75) is 266 Å². The second-order valence-electron chi connectivity index (χ2n) is 29.1. The van der Waals surface area contributed by atoms with Crippen LogP contribution in [-0.4, -0.2) is 152 Å². The van der Waals surface area contributed by atoms with Crippen molar-refractivity contribution in [1.29, 1.82) is 0 Å². The lowest BCUT2D eigenvalue weighted by Crippen LogP contribution is -2.31. The van der Waals surface area contributed by atoms with Gasteiger partial charge in [0, 0.05) is 26.1 Å². The molecule has 17 heteroatoms. The Balaban J connectivity index is 0.000000663. The first-order valence-corrected chi connectivity index (χ1v) is 37.6. The molecule has 7 atom stereocenters. The summed E-state index contributed by atoms with van der Waals surface area (Å²) < 4.78 is 48.8. The van der Waals surface area contributed by atoms with Crippen LogP contribution < -0.4 is 23.7 Å². The van der Waals surface area contributed by atoms with Crippen LogP contribution in [0, 0.1) is 0 Å². The molecule has 0 saturated heterocycles. The highest BCUT2D eigenvalue weighted by Crippen LogP contribution is 2.28. The number of unbranched alkanes of at least 4 members (excludes halogenated alkanes) is 8. The normalized spacial score (nSPS) is 13.4. The van der Waals surface area contributed by atoms with Gasteiger partial charge >= 0.3 is 11.9 Å². The standard InChI is InChI=1S/C29H48O5.2C15H24O3.2C13H20O3/c1-6-8-10-12-14-16-27(30)33-23-26(34-28(31)17-15-13-11-9-7-2)22-32-25-20-18-24(19-21-25)29(3,4)5;1-5-17-10-13(16)11-18-14-8-6-12(7-9-14)15(2,3)4;1-4-12(3)13-6-8-15(9-7-13)18-11-14(16)10-17-5-2;1-13(2,3)10-4-6-12(7-5-10)16-9-11(15)8-14;1-3-10(2)11-4-6-13(7-5-11)16-9-12(15)8-14/h18-21,26H,6-17,22-23H2,1-5H3;6-9,13,16H,5,10-11H2,1-4H3;6-9,12,14,16H,4-5,10-11H2,1-3H3;4-7,11,14-15H,8-9H2,1-3H3;4-7,10,12,14-15H,3,8-9H2,1-2H3. The Morgan fingerprint density at radius 3 is 0.922 bits per heavy atom. The maximum Gasteiger partial charge on any atom is 0.306 e. The average molecular weight is 1430 g/mol. The first kappa shape index (κ1) is 93.7. The van der Waals surface area contributed by atoms with Crippen molar-refractivity contribution in [3.05, 3.63) is 149 Å². The molecule has 5 aromatic rings. The van der Waals surface area contributed by atoms with E-state index in [0.717, 1.165) is 68.6 Å². The smallest absolute Gasteiger partial charge is 0.306 e. The van der Waals surface area contributed by atoms with Crippen LogP contribution in [0.2, 0.25) is 0 Å². The van der Waals surface area contributed by atoms with E-state index in [-0.39, 0.29) is 81.0 Å². The number of carbonyl (C=O) groups is 2. The van der Waals surface area contributed by atoms with Gasteiger partial charge in [-0.15, -0.1) is 0 Å². The molecule has 0 aliphatic carbocycles. The molecule has 578 valence electrons. The van der Waals surface area contributed by atoms with Crippen molar-refractivity contribution in [2.24, 2.45) is 0 Å². The average Bonchev–Trinajstić information content (AvgIpc) is 0.886.